The van der Waals surface area contributed by atoms with Gasteiger partial charge in [-0.25, -0.2) is 4.79 Å². The first-order valence-electron chi connectivity index (χ1n) is 7.14. The summed E-state index contributed by atoms with van der Waals surface area (Å²) in [6, 6.07) is 7.49. The van der Waals surface area contributed by atoms with Crippen LogP contribution >= 0.6 is 0 Å². The number of hydrogen-bond acceptors (Lipinski definition) is 2. The van der Waals surface area contributed by atoms with Gasteiger partial charge in [-0.1, -0.05) is 50.5 Å². The van der Waals surface area contributed by atoms with Crippen molar-refractivity contribution in [1.29, 1.82) is 0 Å². The average Bonchev–Trinajstić information content (AvgIpc) is 2.47. The van der Waals surface area contributed by atoms with Crippen molar-refractivity contribution in [3.05, 3.63) is 35.4 Å². The molecule has 1 aromatic carbocycles. The number of hydrogen-bond donors (Lipinski definition) is 2. The van der Waals surface area contributed by atoms with E-state index in [0.29, 0.717) is 11.5 Å². The minimum absolute atomic E-state index is 0.172. The first-order chi connectivity index (χ1) is 9.08. The zero-order chi connectivity index (χ0) is 13.9. The van der Waals surface area contributed by atoms with Gasteiger partial charge < -0.3 is 10.2 Å². The summed E-state index contributed by atoms with van der Waals surface area (Å²) >= 11 is 0. The van der Waals surface area contributed by atoms with Crippen LogP contribution in [0.4, 0.5) is 0 Å². The second-order valence-corrected chi connectivity index (χ2v) is 5.48. The molecule has 0 spiro atoms. The quantitative estimate of drug-likeness (QED) is 0.874. The Bertz CT molecular complexity index is 432. The van der Waals surface area contributed by atoms with Crippen molar-refractivity contribution in [1.82, 2.24) is 0 Å². The molecule has 1 fully saturated rings. The molecule has 0 saturated heterocycles. The van der Waals surface area contributed by atoms with Gasteiger partial charge in [-0.2, -0.15) is 0 Å². The Labute approximate surface area is 114 Å². The molecule has 1 aliphatic rings. The number of carboxylic acid groups (broad SMARTS) is 1. The first-order valence-corrected chi connectivity index (χ1v) is 7.14. The van der Waals surface area contributed by atoms with Crippen LogP contribution in [0.15, 0.2) is 24.3 Å². The lowest BCUT2D eigenvalue weighted by Crippen LogP contribution is -2.34. The molecular formula is C16H22O3. The molecule has 19 heavy (non-hydrogen) atoms. The van der Waals surface area contributed by atoms with Gasteiger partial charge >= 0.3 is 5.97 Å². The Kier molecular flexibility index (Phi) is 4.25. The van der Waals surface area contributed by atoms with E-state index in [1.807, 2.05) is 12.1 Å². The van der Waals surface area contributed by atoms with Crippen LogP contribution in [-0.4, -0.2) is 16.2 Å². The molecule has 0 bridgehead atoms. The molecule has 0 aliphatic heterocycles. The molecule has 3 heteroatoms. The summed E-state index contributed by atoms with van der Waals surface area (Å²) in [4.78, 5) is 11.2. The smallest absolute Gasteiger partial charge is 0.340 e. The summed E-state index contributed by atoms with van der Waals surface area (Å²) < 4.78 is 0. The van der Waals surface area contributed by atoms with Crippen molar-refractivity contribution >= 4 is 5.97 Å². The standard InChI is InChI=1S/C16H22O3/c1-2-16(19,15(17)18)14-10-8-13(9-11-14)12-6-4-3-5-7-12/h8-12,19H,2-7H2,1H3,(H,17,18)/t16-/m1/s1. The van der Waals surface area contributed by atoms with E-state index in [1.54, 1.807) is 19.1 Å². The predicted molar refractivity (Wildman–Crippen MR) is 74.1 cm³/mol. The predicted octanol–water partition coefficient (Wildman–Crippen LogP) is 3.42. The van der Waals surface area contributed by atoms with Crippen LogP contribution in [0.1, 0.15) is 62.5 Å². The van der Waals surface area contributed by atoms with Crippen LogP contribution in [0.5, 0.6) is 0 Å². The number of benzene rings is 1. The molecule has 0 aromatic heterocycles. The number of aliphatic carboxylic acids is 1. The third-order valence-corrected chi connectivity index (χ3v) is 4.33. The summed E-state index contributed by atoms with van der Waals surface area (Å²) in [7, 11) is 0. The van der Waals surface area contributed by atoms with Crippen molar-refractivity contribution in [2.24, 2.45) is 0 Å². The van der Waals surface area contributed by atoms with E-state index < -0.39 is 11.6 Å². The molecule has 104 valence electrons. The summed E-state index contributed by atoms with van der Waals surface area (Å²) in [6.45, 7) is 1.68. The monoisotopic (exact) mass is 262 g/mol. The van der Waals surface area contributed by atoms with E-state index >= 15 is 0 Å². The summed E-state index contributed by atoms with van der Waals surface area (Å²) in [5, 5.41) is 19.3. The van der Waals surface area contributed by atoms with Crippen LogP contribution in [-0.2, 0) is 10.4 Å². The minimum Gasteiger partial charge on any atom is -0.479 e. The van der Waals surface area contributed by atoms with Crippen LogP contribution in [0, 0.1) is 0 Å². The fraction of sp³-hybridized carbons (Fsp3) is 0.562. The van der Waals surface area contributed by atoms with Crippen LogP contribution in [0.3, 0.4) is 0 Å². The van der Waals surface area contributed by atoms with E-state index in [-0.39, 0.29) is 6.42 Å². The molecule has 2 N–H and O–H groups in total. The van der Waals surface area contributed by atoms with Gasteiger partial charge in [0.2, 0.25) is 0 Å². The maximum absolute atomic E-state index is 11.2. The lowest BCUT2D eigenvalue weighted by atomic mass is 9.82. The molecule has 1 aliphatic carbocycles. The van der Waals surface area contributed by atoms with E-state index in [4.69, 9.17) is 5.11 Å². The largest absolute Gasteiger partial charge is 0.479 e. The third kappa shape index (κ3) is 2.81. The number of rotatable bonds is 4. The maximum atomic E-state index is 11.2. The average molecular weight is 262 g/mol. The van der Waals surface area contributed by atoms with Crippen molar-refractivity contribution in [3.63, 3.8) is 0 Å². The molecular weight excluding hydrogens is 240 g/mol. The summed E-state index contributed by atoms with van der Waals surface area (Å²) in [5.41, 5.74) is -0.0141. The molecule has 0 heterocycles. The second-order valence-electron chi connectivity index (χ2n) is 5.48. The lowest BCUT2D eigenvalue weighted by Gasteiger charge is -2.25. The fourth-order valence-corrected chi connectivity index (χ4v) is 2.95. The SMILES string of the molecule is CC[C@](O)(C(=O)O)c1ccc(C2CCCCC2)cc1. The van der Waals surface area contributed by atoms with Crippen molar-refractivity contribution < 1.29 is 15.0 Å². The summed E-state index contributed by atoms with van der Waals surface area (Å²) in [5.74, 6) is -0.581. The Morgan fingerprint density at radius 2 is 1.79 bits per heavy atom. The normalized spacial score (nSPS) is 19.9. The second kappa shape index (κ2) is 5.74. The molecule has 0 unspecified atom stereocenters. The zero-order valence-corrected chi connectivity index (χ0v) is 11.4. The zero-order valence-electron chi connectivity index (χ0n) is 11.4. The van der Waals surface area contributed by atoms with Gasteiger partial charge in [0.15, 0.2) is 5.60 Å². The highest BCUT2D eigenvalue weighted by atomic mass is 16.4. The number of aliphatic hydroxyl groups is 1. The van der Waals surface area contributed by atoms with Gasteiger partial charge in [0.05, 0.1) is 0 Å². The highest BCUT2D eigenvalue weighted by molar-refractivity contribution is 5.79. The Hall–Kier alpha value is -1.35. The van der Waals surface area contributed by atoms with Gasteiger partial charge in [-0.15, -0.1) is 0 Å². The lowest BCUT2D eigenvalue weighted by molar-refractivity contribution is -0.160. The molecule has 1 aromatic rings. The van der Waals surface area contributed by atoms with Crippen molar-refractivity contribution in [2.45, 2.75) is 57.0 Å². The van der Waals surface area contributed by atoms with Gasteiger partial charge in [-0.3, -0.25) is 0 Å². The Morgan fingerprint density at radius 3 is 2.26 bits per heavy atom. The van der Waals surface area contributed by atoms with Crippen LogP contribution < -0.4 is 0 Å². The Morgan fingerprint density at radius 1 is 1.21 bits per heavy atom. The highest BCUT2D eigenvalue weighted by Gasteiger charge is 2.35. The fourth-order valence-electron chi connectivity index (χ4n) is 2.95. The summed E-state index contributed by atoms with van der Waals surface area (Å²) in [6.07, 6.45) is 6.49. The highest BCUT2D eigenvalue weighted by Crippen LogP contribution is 2.34. The third-order valence-electron chi connectivity index (χ3n) is 4.33. The molecule has 2 rings (SSSR count). The maximum Gasteiger partial charge on any atom is 0.340 e. The van der Waals surface area contributed by atoms with Gasteiger partial charge in [0, 0.05) is 0 Å². The van der Waals surface area contributed by atoms with Gasteiger partial charge in [0.1, 0.15) is 0 Å². The Balaban J connectivity index is 2.20. The van der Waals surface area contributed by atoms with Gasteiger partial charge in [0.25, 0.3) is 0 Å². The molecule has 1 saturated carbocycles. The topological polar surface area (TPSA) is 57.5 Å². The number of carboxylic acids is 1. The first kappa shape index (κ1) is 14.1. The molecule has 0 amide bonds. The minimum atomic E-state index is -1.76. The van der Waals surface area contributed by atoms with Crippen LogP contribution in [0.25, 0.3) is 0 Å². The molecule has 1 atom stereocenters. The molecule has 0 radical (unpaired) electrons. The number of carbonyl (C=O) groups is 1. The van der Waals surface area contributed by atoms with E-state index in [1.165, 1.54) is 37.7 Å². The van der Waals surface area contributed by atoms with E-state index in [2.05, 4.69) is 0 Å². The van der Waals surface area contributed by atoms with Crippen molar-refractivity contribution in [2.75, 3.05) is 0 Å². The van der Waals surface area contributed by atoms with Crippen LogP contribution in [0.2, 0.25) is 0 Å². The van der Waals surface area contributed by atoms with E-state index in [9.17, 15) is 9.90 Å². The van der Waals surface area contributed by atoms with Gasteiger partial charge in [-0.05, 0) is 36.3 Å². The van der Waals surface area contributed by atoms with E-state index in [0.717, 1.165) is 0 Å². The molecule has 3 nitrogen and oxygen atoms in total. The van der Waals surface area contributed by atoms with Crippen molar-refractivity contribution in [3.8, 4) is 0 Å².